The van der Waals surface area contributed by atoms with Gasteiger partial charge in [-0.15, -0.1) is 0 Å². The first kappa shape index (κ1) is 14.8. The van der Waals surface area contributed by atoms with E-state index in [4.69, 9.17) is 0 Å². The van der Waals surface area contributed by atoms with Gasteiger partial charge in [0.25, 0.3) is 5.69 Å². The predicted molar refractivity (Wildman–Crippen MR) is 80.3 cm³/mol. The average Bonchev–Trinajstić information content (AvgIpc) is 2.46. The lowest BCUT2D eigenvalue weighted by atomic mass is 10.2. The van der Waals surface area contributed by atoms with Gasteiger partial charge in [-0.25, -0.2) is 0 Å². The fourth-order valence-corrected chi connectivity index (χ4v) is 2.51. The van der Waals surface area contributed by atoms with Crippen LogP contribution >= 0.6 is 15.9 Å². The molecule has 0 spiro atoms. The quantitative estimate of drug-likeness (QED) is 0.479. The third-order valence-electron chi connectivity index (χ3n) is 3.36. The molecule has 0 aliphatic carbocycles. The first-order valence-electron chi connectivity index (χ1n) is 6.41. The zero-order valence-electron chi connectivity index (χ0n) is 11.2. The highest BCUT2D eigenvalue weighted by atomic mass is 79.9. The number of carbonyl (C=O) groups excluding carboxylic acids is 1. The molecule has 1 saturated heterocycles. The number of benzene rings is 1. The lowest BCUT2D eigenvalue weighted by Gasteiger charge is -2.36. The van der Waals surface area contributed by atoms with Crippen molar-refractivity contribution in [2.45, 2.75) is 11.8 Å². The van der Waals surface area contributed by atoms with Gasteiger partial charge in [0, 0.05) is 44.0 Å². The molecule has 20 heavy (non-hydrogen) atoms. The minimum atomic E-state index is -0.405. The smallest absolute Gasteiger partial charge is 0.269 e. The Morgan fingerprint density at radius 3 is 2.25 bits per heavy atom. The Kier molecular flexibility index (Phi) is 4.59. The molecule has 0 N–H and O–H groups in total. The molecule has 2 rings (SSSR count). The molecule has 6 nitrogen and oxygen atoms in total. The van der Waals surface area contributed by atoms with Gasteiger partial charge < -0.3 is 9.80 Å². The molecule has 1 amide bonds. The van der Waals surface area contributed by atoms with Crippen molar-refractivity contribution < 1.29 is 9.72 Å². The molecule has 1 aliphatic heterocycles. The predicted octanol–water partition coefficient (Wildman–Crippen LogP) is 2.03. The molecular weight excluding hydrogens is 326 g/mol. The van der Waals surface area contributed by atoms with E-state index in [0.29, 0.717) is 13.1 Å². The van der Waals surface area contributed by atoms with Gasteiger partial charge in [-0.05, 0) is 19.1 Å². The van der Waals surface area contributed by atoms with Crippen molar-refractivity contribution in [2.24, 2.45) is 0 Å². The van der Waals surface area contributed by atoms with Crippen molar-refractivity contribution in [1.29, 1.82) is 0 Å². The van der Waals surface area contributed by atoms with Gasteiger partial charge in [0.1, 0.15) is 0 Å². The Morgan fingerprint density at radius 2 is 1.80 bits per heavy atom. The topological polar surface area (TPSA) is 66.7 Å². The molecule has 1 fully saturated rings. The van der Waals surface area contributed by atoms with E-state index in [1.165, 1.54) is 12.1 Å². The van der Waals surface area contributed by atoms with E-state index in [9.17, 15) is 14.9 Å². The first-order valence-corrected chi connectivity index (χ1v) is 7.33. The molecule has 0 bridgehead atoms. The van der Waals surface area contributed by atoms with E-state index < -0.39 is 4.92 Å². The summed E-state index contributed by atoms with van der Waals surface area (Å²) in [6.45, 7) is 4.65. The molecule has 0 radical (unpaired) electrons. The number of rotatable bonds is 3. The Labute approximate surface area is 125 Å². The Morgan fingerprint density at radius 1 is 1.25 bits per heavy atom. The number of non-ortho nitro benzene ring substituents is 1. The number of nitro groups is 1. The second-order valence-electron chi connectivity index (χ2n) is 4.70. The summed E-state index contributed by atoms with van der Waals surface area (Å²) in [4.78, 5) is 25.9. The van der Waals surface area contributed by atoms with Crippen molar-refractivity contribution in [3.8, 4) is 0 Å². The van der Waals surface area contributed by atoms with Crippen LogP contribution < -0.4 is 4.90 Å². The number of anilines is 1. The number of amides is 1. The minimum absolute atomic E-state index is 0.0932. The number of carbonyl (C=O) groups is 1. The summed E-state index contributed by atoms with van der Waals surface area (Å²) >= 11 is 3.29. The Hall–Kier alpha value is -1.63. The monoisotopic (exact) mass is 341 g/mol. The molecule has 1 aromatic carbocycles. The van der Waals surface area contributed by atoms with Crippen molar-refractivity contribution >= 4 is 33.2 Å². The van der Waals surface area contributed by atoms with E-state index in [1.54, 1.807) is 12.1 Å². The van der Waals surface area contributed by atoms with Crippen molar-refractivity contribution in [2.75, 3.05) is 31.1 Å². The summed E-state index contributed by atoms with van der Waals surface area (Å²) in [6.07, 6.45) is 0. The molecule has 1 unspecified atom stereocenters. The maximum atomic E-state index is 11.8. The largest absolute Gasteiger partial charge is 0.368 e. The van der Waals surface area contributed by atoms with E-state index in [0.717, 1.165) is 18.8 Å². The van der Waals surface area contributed by atoms with E-state index in [1.807, 2.05) is 11.8 Å². The van der Waals surface area contributed by atoms with Gasteiger partial charge >= 0.3 is 0 Å². The van der Waals surface area contributed by atoms with Gasteiger partial charge in [0.15, 0.2) is 0 Å². The second-order valence-corrected chi connectivity index (χ2v) is 6.08. The number of hydrogen-bond donors (Lipinski definition) is 0. The molecule has 1 atom stereocenters. The normalized spacial score (nSPS) is 16.9. The molecule has 1 aromatic rings. The zero-order chi connectivity index (χ0) is 14.7. The Bertz CT molecular complexity index is 496. The maximum Gasteiger partial charge on any atom is 0.269 e. The number of nitro benzene ring substituents is 1. The fraction of sp³-hybridized carbons (Fsp3) is 0.462. The SMILES string of the molecule is CC(Br)C(=O)N1CCN(c2ccc([N+](=O)[O-])cc2)CC1. The van der Waals surface area contributed by atoms with Crippen LogP contribution in [-0.4, -0.2) is 46.7 Å². The third-order valence-corrected chi connectivity index (χ3v) is 3.75. The molecule has 0 saturated carbocycles. The van der Waals surface area contributed by atoms with Crippen LogP contribution in [0, 0.1) is 10.1 Å². The molecular formula is C13H16BrN3O3. The van der Waals surface area contributed by atoms with Crippen LogP contribution in [0.1, 0.15) is 6.92 Å². The summed E-state index contributed by atoms with van der Waals surface area (Å²) in [6, 6.07) is 6.52. The highest BCUT2D eigenvalue weighted by Gasteiger charge is 2.23. The second kappa shape index (κ2) is 6.21. The summed E-state index contributed by atoms with van der Waals surface area (Å²) in [7, 11) is 0. The summed E-state index contributed by atoms with van der Waals surface area (Å²) < 4.78 is 0. The van der Waals surface area contributed by atoms with Gasteiger partial charge in [-0.1, -0.05) is 15.9 Å². The van der Waals surface area contributed by atoms with E-state index in [-0.39, 0.29) is 16.4 Å². The molecule has 108 valence electrons. The molecule has 0 aromatic heterocycles. The van der Waals surface area contributed by atoms with Crippen LogP contribution in [0.3, 0.4) is 0 Å². The van der Waals surface area contributed by atoms with Crippen molar-refractivity contribution in [1.82, 2.24) is 4.90 Å². The lowest BCUT2D eigenvalue weighted by molar-refractivity contribution is -0.384. The number of hydrogen-bond acceptors (Lipinski definition) is 4. The van der Waals surface area contributed by atoms with Crippen LogP contribution in [0.25, 0.3) is 0 Å². The molecule has 1 heterocycles. The maximum absolute atomic E-state index is 11.8. The van der Waals surface area contributed by atoms with Crippen molar-refractivity contribution in [3.05, 3.63) is 34.4 Å². The summed E-state index contributed by atoms with van der Waals surface area (Å²) in [5.74, 6) is 0.105. The number of nitrogens with zero attached hydrogens (tertiary/aromatic N) is 3. The van der Waals surface area contributed by atoms with Crippen LogP contribution in [-0.2, 0) is 4.79 Å². The van der Waals surface area contributed by atoms with Crippen LogP contribution in [0.5, 0.6) is 0 Å². The molecule has 1 aliphatic rings. The lowest BCUT2D eigenvalue weighted by Crippen LogP contribution is -2.50. The van der Waals surface area contributed by atoms with E-state index >= 15 is 0 Å². The van der Waals surface area contributed by atoms with Crippen LogP contribution in [0.2, 0.25) is 0 Å². The van der Waals surface area contributed by atoms with Crippen LogP contribution in [0.15, 0.2) is 24.3 Å². The average molecular weight is 342 g/mol. The van der Waals surface area contributed by atoms with Crippen molar-refractivity contribution in [3.63, 3.8) is 0 Å². The Balaban J connectivity index is 1.97. The standard InChI is InChI=1S/C13H16BrN3O3/c1-10(14)13(18)16-8-6-15(7-9-16)11-2-4-12(5-3-11)17(19)20/h2-5,10H,6-9H2,1H3. The number of halogens is 1. The number of piperazine rings is 1. The van der Waals surface area contributed by atoms with Gasteiger partial charge in [0.05, 0.1) is 9.75 Å². The summed E-state index contributed by atoms with van der Waals surface area (Å²) in [5.41, 5.74) is 1.05. The molecule has 7 heteroatoms. The third kappa shape index (κ3) is 3.27. The highest BCUT2D eigenvalue weighted by Crippen LogP contribution is 2.21. The van der Waals surface area contributed by atoms with Gasteiger partial charge in [0.2, 0.25) is 5.91 Å². The summed E-state index contributed by atoms with van der Waals surface area (Å²) in [5, 5.41) is 10.6. The zero-order valence-corrected chi connectivity index (χ0v) is 12.7. The van der Waals surface area contributed by atoms with E-state index in [2.05, 4.69) is 20.8 Å². The first-order chi connectivity index (χ1) is 9.49. The van der Waals surface area contributed by atoms with Crippen LogP contribution in [0.4, 0.5) is 11.4 Å². The highest BCUT2D eigenvalue weighted by molar-refractivity contribution is 9.10. The van der Waals surface area contributed by atoms with Gasteiger partial charge in [-0.2, -0.15) is 0 Å². The number of alkyl halides is 1. The minimum Gasteiger partial charge on any atom is -0.368 e. The van der Waals surface area contributed by atoms with Gasteiger partial charge in [-0.3, -0.25) is 14.9 Å². The fourth-order valence-electron chi connectivity index (χ4n) is 2.22.